The van der Waals surface area contributed by atoms with Crippen LogP contribution in [0.15, 0.2) is 48.5 Å². The number of anilines is 1. The molecule has 1 aliphatic rings. The maximum Gasteiger partial charge on any atom is 0.408 e. The summed E-state index contributed by atoms with van der Waals surface area (Å²) in [4.78, 5) is 25.1. The van der Waals surface area contributed by atoms with Crippen molar-refractivity contribution >= 4 is 17.7 Å². The zero-order valence-electron chi connectivity index (χ0n) is 15.4. The molecular weight excluding hydrogens is 348 g/mol. The van der Waals surface area contributed by atoms with E-state index in [1.807, 2.05) is 6.07 Å². The van der Waals surface area contributed by atoms with Crippen molar-refractivity contribution < 1.29 is 23.8 Å². The molecule has 2 amide bonds. The van der Waals surface area contributed by atoms with Gasteiger partial charge in [-0.3, -0.25) is 4.79 Å². The summed E-state index contributed by atoms with van der Waals surface area (Å²) in [6.07, 6.45) is -0.669. The monoisotopic (exact) mass is 370 g/mol. The Morgan fingerprint density at radius 1 is 1.04 bits per heavy atom. The van der Waals surface area contributed by atoms with E-state index in [1.54, 1.807) is 63.2 Å². The highest BCUT2D eigenvalue weighted by atomic mass is 16.7. The molecule has 142 valence electrons. The molecule has 0 aromatic heterocycles. The lowest BCUT2D eigenvalue weighted by Gasteiger charge is -2.23. The number of nitrogens with one attached hydrogen (secondary N) is 2. The Labute approximate surface area is 157 Å². The second-order valence-corrected chi connectivity index (χ2v) is 7.05. The molecule has 1 aliphatic heterocycles. The summed E-state index contributed by atoms with van der Waals surface area (Å²) in [5.74, 6) is 0.787. The first-order valence-corrected chi connectivity index (χ1v) is 8.57. The molecule has 7 heteroatoms. The van der Waals surface area contributed by atoms with Gasteiger partial charge in [0.2, 0.25) is 6.79 Å². The Kier molecular flexibility index (Phi) is 5.21. The number of carbonyl (C=O) groups is 2. The van der Waals surface area contributed by atoms with Crippen molar-refractivity contribution in [2.24, 2.45) is 0 Å². The maximum atomic E-state index is 12.9. The second-order valence-electron chi connectivity index (χ2n) is 7.05. The van der Waals surface area contributed by atoms with Gasteiger partial charge in [-0.2, -0.15) is 0 Å². The fourth-order valence-electron chi connectivity index (χ4n) is 2.56. The van der Waals surface area contributed by atoms with Gasteiger partial charge in [-0.1, -0.05) is 30.3 Å². The number of ether oxygens (including phenoxy) is 3. The van der Waals surface area contributed by atoms with Gasteiger partial charge in [0.25, 0.3) is 5.91 Å². The number of alkyl carbamates (subject to hydrolysis) is 1. The van der Waals surface area contributed by atoms with Crippen LogP contribution in [0.25, 0.3) is 0 Å². The van der Waals surface area contributed by atoms with Gasteiger partial charge in [0.1, 0.15) is 11.6 Å². The van der Waals surface area contributed by atoms with Crippen molar-refractivity contribution in [3.05, 3.63) is 54.1 Å². The Hall–Kier alpha value is -3.22. The van der Waals surface area contributed by atoms with Crippen LogP contribution < -0.4 is 20.1 Å². The number of carbonyl (C=O) groups excluding carboxylic acids is 2. The van der Waals surface area contributed by atoms with Crippen LogP contribution in [0.4, 0.5) is 10.5 Å². The molecule has 2 N–H and O–H groups in total. The van der Waals surface area contributed by atoms with Gasteiger partial charge in [0.05, 0.1) is 0 Å². The van der Waals surface area contributed by atoms with Crippen molar-refractivity contribution in [3.63, 3.8) is 0 Å². The first-order valence-electron chi connectivity index (χ1n) is 8.57. The lowest BCUT2D eigenvalue weighted by Crippen LogP contribution is -2.40. The highest BCUT2D eigenvalue weighted by Gasteiger charge is 2.26. The molecule has 1 unspecified atom stereocenters. The average Bonchev–Trinajstić information content (AvgIpc) is 3.06. The summed E-state index contributed by atoms with van der Waals surface area (Å²) in [6, 6.07) is 13.2. The zero-order chi connectivity index (χ0) is 19.4. The van der Waals surface area contributed by atoms with Gasteiger partial charge in [-0.15, -0.1) is 0 Å². The Balaban J connectivity index is 1.77. The van der Waals surface area contributed by atoms with Gasteiger partial charge in [0, 0.05) is 11.8 Å². The molecule has 0 radical (unpaired) electrons. The van der Waals surface area contributed by atoms with Crippen LogP contribution in [0, 0.1) is 0 Å². The Bertz CT molecular complexity index is 830. The molecule has 0 saturated carbocycles. The number of fused-ring (bicyclic) bond motifs is 1. The molecule has 1 atom stereocenters. The molecule has 2 aromatic carbocycles. The minimum absolute atomic E-state index is 0.152. The number of benzene rings is 2. The third-order valence-corrected chi connectivity index (χ3v) is 3.70. The first-order chi connectivity index (χ1) is 12.8. The van der Waals surface area contributed by atoms with Gasteiger partial charge in [0.15, 0.2) is 11.5 Å². The Morgan fingerprint density at radius 2 is 1.74 bits per heavy atom. The fourth-order valence-corrected chi connectivity index (χ4v) is 2.56. The van der Waals surface area contributed by atoms with Crippen LogP contribution in [0.1, 0.15) is 32.4 Å². The molecule has 0 fully saturated rings. The fraction of sp³-hybridized carbons (Fsp3) is 0.300. The maximum absolute atomic E-state index is 12.9. The smallest absolute Gasteiger partial charge is 0.408 e. The lowest BCUT2D eigenvalue weighted by atomic mass is 10.1. The molecule has 2 aromatic rings. The number of rotatable bonds is 4. The van der Waals surface area contributed by atoms with Crippen molar-refractivity contribution in [3.8, 4) is 11.5 Å². The van der Waals surface area contributed by atoms with E-state index in [2.05, 4.69) is 10.6 Å². The van der Waals surface area contributed by atoms with Gasteiger partial charge < -0.3 is 24.8 Å². The molecular formula is C20H22N2O5. The van der Waals surface area contributed by atoms with Crippen LogP contribution in [-0.4, -0.2) is 24.4 Å². The quantitative estimate of drug-likeness (QED) is 0.858. The highest BCUT2D eigenvalue weighted by molar-refractivity contribution is 5.97. The summed E-state index contributed by atoms with van der Waals surface area (Å²) in [6.45, 7) is 5.43. The van der Waals surface area contributed by atoms with E-state index in [1.165, 1.54) is 0 Å². The normalized spacial score (nSPS) is 13.6. The van der Waals surface area contributed by atoms with Crippen LogP contribution in [0.3, 0.4) is 0 Å². The summed E-state index contributed by atoms with van der Waals surface area (Å²) >= 11 is 0. The van der Waals surface area contributed by atoms with E-state index in [0.717, 1.165) is 0 Å². The SMILES string of the molecule is CC(C)(C)OC(=O)NC(C(=O)Nc1ccc2c(c1)OCO2)c1ccccc1. The largest absolute Gasteiger partial charge is 0.454 e. The third kappa shape index (κ3) is 4.91. The minimum Gasteiger partial charge on any atom is -0.454 e. The standard InChI is InChI=1S/C20H22N2O5/c1-20(2,3)27-19(24)22-17(13-7-5-4-6-8-13)18(23)21-14-9-10-15-16(11-14)26-12-25-15/h4-11,17H,12H2,1-3H3,(H,21,23)(H,22,24). The molecule has 1 heterocycles. The first kappa shape index (κ1) is 18.6. The molecule has 0 aliphatic carbocycles. The third-order valence-electron chi connectivity index (χ3n) is 3.70. The van der Waals surface area contributed by atoms with Crippen LogP contribution in [0.2, 0.25) is 0 Å². The van der Waals surface area contributed by atoms with Crippen LogP contribution in [-0.2, 0) is 9.53 Å². The summed E-state index contributed by atoms with van der Waals surface area (Å²) in [5.41, 5.74) is 0.511. The average molecular weight is 370 g/mol. The summed E-state index contributed by atoms with van der Waals surface area (Å²) in [5, 5.41) is 5.43. The van der Waals surface area contributed by atoms with Gasteiger partial charge in [-0.25, -0.2) is 4.79 Å². The van der Waals surface area contributed by atoms with Crippen molar-refractivity contribution in [2.75, 3.05) is 12.1 Å². The number of hydrogen-bond acceptors (Lipinski definition) is 5. The predicted octanol–water partition coefficient (Wildman–Crippen LogP) is 3.62. The topological polar surface area (TPSA) is 85.9 Å². The van der Waals surface area contributed by atoms with E-state index in [-0.39, 0.29) is 6.79 Å². The van der Waals surface area contributed by atoms with Gasteiger partial charge in [-0.05, 0) is 38.5 Å². The Morgan fingerprint density at radius 3 is 2.44 bits per heavy atom. The van der Waals surface area contributed by atoms with Crippen LogP contribution in [0.5, 0.6) is 11.5 Å². The lowest BCUT2D eigenvalue weighted by molar-refractivity contribution is -0.118. The van der Waals surface area contributed by atoms with E-state index < -0.39 is 23.6 Å². The number of amides is 2. The molecule has 27 heavy (non-hydrogen) atoms. The zero-order valence-corrected chi connectivity index (χ0v) is 15.4. The molecule has 0 saturated heterocycles. The number of hydrogen-bond donors (Lipinski definition) is 2. The van der Waals surface area contributed by atoms with E-state index in [4.69, 9.17) is 14.2 Å². The molecule has 3 rings (SSSR count). The van der Waals surface area contributed by atoms with Gasteiger partial charge >= 0.3 is 6.09 Å². The van der Waals surface area contributed by atoms with E-state index in [0.29, 0.717) is 22.7 Å². The van der Waals surface area contributed by atoms with E-state index >= 15 is 0 Å². The van der Waals surface area contributed by atoms with E-state index in [9.17, 15) is 9.59 Å². The van der Waals surface area contributed by atoms with Crippen LogP contribution >= 0.6 is 0 Å². The highest BCUT2D eigenvalue weighted by Crippen LogP contribution is 2.34. The summed E-state index contributed by atoms with van der Waals surface area (Å²) < 4.78 is 15.9. The summed E-state index contributed by atoms with van der Waals surface area (Å²) in [7, 11) is 0. The minimum atomic E-state index is -0.911. The molecule has 0 bridgehead atoms. The van der Waals surface area contributed by atoms with Crippen molar-refractivity contribution in [1.29, 1.82) is 0 Å². The van der Waals surface area contributed by atoms with Crippen molar-refractivity contribution in [2.45, 2.75) is 32.4 Å². The molecule has 0 spiro atoms. The van der Waals surface area contributed by atoms with Crippen molar-refractivity contribution in [1.82, 2.24) is 5.32 Å². The molecule has 7 nitrogen and oxygen atoms in total. The second kappa shape index (κ2) is 7.57. The predicted molar refractivity (Wildman–Crippen MR) is 99.7 cm³/mol.